The van der Waals surface area contributed by atoms with Gasteiger partial charge in [0.25, 0.3) is 0 Å². The number of nitrogens with zero attached hydrogens (tertiary/aromatic N) is 1. The number of rotatable bonds is 2. The zero-order chi connectivity index (χ0) is 22.0. The van der Waals surface area contributed by atoms with Gasteiger partial charge in [-0.25, -0.2) is 0 Å². The molecule has 3 aliphatic rings. The summed E-state index contributed by atoms with van der Waals surface area (Å²) in [5, 5.41) is 6.24. The molecule has 0 spiro atoms. The van der Waals surface area contributed by atoms with Crippen molar-refractivity contribution in [1.82, 2.24) is 5.32 Å². The average Bonchev–Trinajstić information content (AvgIpc) is 3.15. The van der Waals surface area contributed by atoms with Crippen molar-refractivity contribution in [3.8, 4) is 0 Å². The zero-order valence-electron chi connectivity index (χ0n) is 16.5. The maximum absolute atomic E-state index is 13.2. The fraction of sp³-hybridized carbons (Fsp3) is 0.455. The molecule has 0 aromatic heterocycles. The Morgan fingerprint density at radius 2 is 1.55 bits per heavy atom. The maximum Gasteiger partial charge on any atom is 0.416 e. The van der Waals surface area contributed by atoms with E-state index in [1.165, 1.54) is 5.69 Å². The third-order valence-corrected chi connectivity index (χ3v) is 6.48. The van der Waals surface area contributed by atoms with Crippen molar-refractivity contribution in [2.45, 2.75) is 31.1 Å². The van der Waals surface area contributed by atoms with Crippen molar-refractivity contribution < 1.29 is 26.3 Å². The lowest BCUT2D eigenvalue weighted by Gasteiger charge is -2.42. The summed E-state index contributed by atoms with van der Waals surface area (Å²) in [6, 6.07) is 5.36. The molecule has 0 radical (unpaired) electrons. The Morgan fingerprint density at radius 1 is 0.871 bits per heavy atom. The van der Waals surface area contributed by atoms with E-state index in [2.05, 4.69) is 15.5 Å². The molecule has 2 aromatic carbocycles. The first-order chi connectivity index (χ1) is 14.6. The van der Waals surface area contributed by atoms with E-state index in [1.54, 1.807) is 0 Å². The number of hydrogen-bond acceptors (Lipinski definition) is 3. The molecule has 3 nitrogen and oxygen atoms in total. The Balaban J connectivity index is 1.56. The Hall–Kier alpha value is -2.42. The third-order valence-electron chi connectivity index (χ3n) is 6.48. The predicted molar refractivity (Wildman–Crippen MR) is 106 cm³/mol. The van der Waals surface area contributed by atoms with E-state index in [-0.39, 0.29) is 11.8 Å². The summed E-state index contributed by atoms with van der Waals surface area (Å²) < 4.78 is 79.3. The van der Waals surface area contributed by atoms with Crippen LogP contribution in [0.2, 0.25) is 0 Å². The van der Waals surface area contributed by atoms with Crippen LogP contribution in [0.1, 0.15) is 34.6 Å². The first-order valence-electron chi connectivity index (χ1n) is 10.3. The first kappa shape index (κ1) is 20.5. The minimum absolute atomic E-state index is 0.147. The smallest absolute Gasteiger partial charge is 0.371 e. The van der Waals surface area contributed by atoms with Crippen LogP contribution in [-0.4, -0.2) is 26.2 Å². The van der Waals surface area contributed by atoms with Gasteiger partial charge in [-0.15, -0.1) is 0 Å². The Kier molecular flexibility index (Phi) is 4.66. The van der Waals surface area contributed by atoms with E-state index in [0.717, 1.165) is 62.3 Å². The third kappa shape index (κ3) is 3.73. The van der Waals surface area contributed by atoms with Crippen molar-refractivity contribution in [2.75, 3.05) is 36.4 Å². The van der Waals surface area contributed by atoms with Gasteiger partial charge in [0.2, 0.25) is 0 Å². The molecule has 0 aliphatic carbocycles. The fourth-order valence-corrected chi connectivity index (χ4v) is 5.17. The molecule has 5 rings (SSSR count). The molecular formula is C22H21F6N3. The molecule has 2 aromatic rings. The lowest BCUT2D eigenvalue weighted by molar-refractivity contribution is -0.143. The monoisotopic (exact) mass is 441 g/mol. The largest absolute Gasteiger partial charge is 0.416 e. The quantitative estimate of drug-likeness (QED) is 0.600. The van der Waals surface area contributed by atoms with Gasteiger partial charge in [-0.1, -0.05) is 0 Å². The molecule has 2 atom stereocenters. The summed E-state index contributed by atoms with van der Waals surface area (Å²) in [6.07, 6.45) is -7.93. The number of alkyl halides is 6. The van der Waals surface area contributed by atoms with Gasteiger partial charge in [-0.2, -0.15) is 26.3 Å². The second-order valence-corrected chi connectivity index (χ2v) is 8.57. The first-order valence-corrected chi connectivity index (χ1v) is 10.3. The highest BCUT2D eigenvalue weighted by Gasteiger charge is 2.39. The van der Waals surface area contributed by atoms with Crippen molar-refractivity contribution >= 4 is 17.1 Å². The Morgan fingerprint density at radius 3 is 2.23 bits per heavy atom. The van der Waals surface area contributed by atoms with E-state index in [1.807, 2.05) is 12.1 Å². The molecule has 0 bridgehead atoms. The molecule has 1 fully saturated rings. The molecular weight excluding hydrogens is 420 g/mol. The SMILES string of the molecule is FC(F)(F)c1cc(Nc2cc3c4c(c2)C2CNCC2CN4CCC3)cc(C(F)(F)F)c1. The maximum atomic E-state index is 13.2. The van der Waals surface area contributed by atoms with Crippen molar-refractivity contribution in [2.24, 2.45) is 5.92 Å². The standard InChI is InChI=1S/C22H21F6N3/c23-21(24,25)14-5-15(22(26,27)28)7-17(6-14)30-16-4-12-2-1-3-31-11-13-9-29-10-19(13)18(8-16)20(12)31/h4-8,13,19,29-30H,1-3,9-11H2. The van der Waals surface area contributed by atoms with Gasteiger partial charge in [0.05, 0.1) is 11.1 Å². The van der Waals surface area contributed by atoms with Gasteiger partial charge < -0.3 is 15.5 Å². The van der Waals surface area contributed by atoms with Crippen molar-refractivity contribution in [3.05, 3.63) is 52.6 Å². The number of halogens is 6. The van der Waals surface area contributed by atoms with Gasteiger partial charge >= 0.3 is 12.4 Å². The number of hydrogen-bond donors (Lipinski definition) is 2. The van der Waals surface area contributed by atoms with E-state index in [9.17, 15) is 26.3 Å². The molecule has 31 heavy (non-hydrogen) atoms. The molecule has 3 aliphatic heterocycles. The zero-order valence-corrected chi connectivity index (χ0v) is 16.5. The number of aryl methyl sites for hydroxylation is 1. The summed E-state index contributed by atoms with van der Waals surface area (Å²) in [7, 11) is 0. The number of anilines is 3. The van der Waals surface area contributed by atoms with Crippen LogP contribution in [0.5, 0.6) is 0 Å². The average molecular weight is 441 g/mol. The molecule has 2 unspecified atom stereocenters. The Labute approximate surface area is 175 Å². The van der Waals surface area contributed by atoms with E-state index in [0.29, 0.717) is 17.5 Å². The van der Waals surface area contributed by atoms with Crippen molar-refractivity contribution in [1.29, 1.82) is 0 Å². The molecule has 1 saturated heterocycles. The molecule has 0 amide bonds. The van der Waals surface area contributed by atoms with Crippen LogP contribution >= 0.6 is 0 Å². The van der Waals surface area contributed by atoms with Crippen LogP contribution in [0, 0.1) is 5.92 Å². The van der Waals surface area contributed by atoms with Crippen LogP contribution in [0.15, 0.2) is 30.3 Å². The van der Waals surface area contributed by atoms with Crippen LogP contribution in [0.4, 0.5) is 43.4 Å². The van der Waals surface area contributed by atoms with Crippen LogP contribution in [-0.2, 0) is 18.8 Å². The lowest BCUT2D eigenvalue weighted by Crippen LogP contribution is -2.41. The Bertz CT molecular complexity index is 981. The number of nitrogens with one attached hydrogen (secondary N) is 2. The van der Waals surface area contributed by atoms with E-state index < -0.39 is 23.5 Å². The minimum atomic E-state index is -4.87. The number of fused-ring (bicyclic) bond motifs is 2. The van der Waals surface area contributed by atoms with Gasteiger partial charge in [-0.05, 0) is 60.2 Å². The second kappa shape index (κ2) is 7.05. The molecule has 2 N–H and O–H groups in total. The van der Waals surface area contributed by atoms with Crippen LogP contribution in [0.25, 0.3) is 0 Å². The highest BCUT2D eigenvalue weighted by atomic mass is 19.4. The summed E-state index contributed by atoms with van der Waals surface area (Å²) >= 11 is 0. The number of benzene rings is 2. The highest BCUT2D eigenvalue weighted by Crippen LogP contribution is 2.46. The fourth-order valence-electron chi connectivity index (χ4n) is 5.17. The minimum Gasteiger partial charge on any atom is -0.371 e. The van der Waals surface area contributed by atoms with E-state index >= 15 is 0 Å². The van der Waals surface area contributed by atoms with Crippen LogP contribution in [0.3, 0.4) is 0 Å². The highest BCUT2D eigenvalue weighted by molar-refractivity contribution is 5.73. The molecule has 0 saturated carbocycles. The summed E-state index contributed by atoms with van der Waals surface area (Å²) in [5.41, 5.74) is 1.07. The van der Waals surface area contributed by atoms with Gasteiger partial charge in [0.1, 0.15) is 0 Å². The molecule has 9 heteroatoms. The summed E-state index contributed by atoms with van der Waals surface area (Å²) in [5.74, 6) is 0.760. The van der Waals surface area contributed by atoms with Gasteiger partial charge in [0, 0.05) is 49.2 Å². The summed E-state index contributed by atoms with van der Waals surface area (Å²) in [4.78, 5) is 2.37. The normalized spacial score (nSPS) is 22.8. The van der Waals surface area contributed by atoms with Gasteiger partial charge in [-0.3, -0.25) is 0 Å². The lowest BCUT2D eigenvalue weighted by atomic mass is 9.80. The van der Waals surface area contributed by atoms with Gasteiger partial charge in [0.15, 0.2) is 0 Å². The van der Waals surface area contributed by atoms with Crippen molar-refractivity contribution in [3.63, 3.8) is 0 Å². The molecule has 3 heterocycles. The topological polar surface area (TPSA) is 27.3 Å². The van der Waals surface area contributed by atoms with E-state index in [4.69, 9.17) is 0 Å². The van der Waals surface area contributed by atoms with Crippen LogP contribution < -0.4 is 15.5 Å². The second-order valence-electron chi connectivity index (χ2n) is 8.57. The molecule has 166 valence electrons. The predicted octanol–water partition coefficient (Wildman–Crippen LogP) is 5.54. The summed E-state index contributed by atoms with van der Waals surface area (Å²) in [6.45, 7) is 3.69.